The predicted octanol–water partition coefficient (Wildman–Crippen LogP) is 4.82. The van der Waals surface area contributed by atoms with E-state index in [2.05, 4.69) is 17.2 Å². The maximum Gasteiger partial charge on any atom is 0.408 e. The Morgan fingerprint density at radius 1 is 1.11 bits per heavy atom. The van der Waals surface area contributed by atoms with E-state index in [1.54, 1.807) is 41.7 Å². The fourth-order valence-corrected chi connectivity index (χ4v) is 6.79. The van der Waals surface area contributed by atoms with E-state index in [0.29, 0.717) is 28.5 Å². The molecule has 1 saturated heterocycles. The average Bonchev–Trinajstić information content (AvgIpc) is 3.40. The number of aliphatic carboxylic acids is 1. The molecule has 5 atom stereocenters. The lowest BCUT2D eigenvalue weighted by atomic mass is 10.0. The second kappa shape index (κ2) is 14.6. The van der Waals surface area contributed by atoms with Crippen molar-refractivity contribution >= 4 is 34.8 Å². The van der Waals surface area contributed by atoms with Crippen LogP contribution in [0, 0.1) is 11.8 Å². The van der Waals surface area contributed by atoms with Crippen LogP contribution in [0.25, 0.3) is 22.2 Å². The zero-order valence-electron chi connectivity index (χ0n) is 30.8. The maximum atomic E-state index is 14.2. The Hall–Kier alpha value is -5.37. The third kappa shape index (κ3) is 7.87. The van der Waals surface area contributed by atoms with E-state index in [9.17, 15) is 24.3 Å². The van der Waals surface area contributed by atoms with E-state index in [1.165, 1.54) is 11.0 Å². The number of fused-ring (bicyclic) bond motifs is 2. The molecule has 1 saturated carbocycles. The van der Waals surface area contributed by atoms with Gasteiger partial charge in [-0.2, -0.15) is 0 Å². The van der Waals surface area contributed by atoms with Gasteiger partial charge >= 0.3 is 12.1 Å². The fraction of sp³-hybridized carbons (Fsp3) is 0.462. The molecule has 0 radical (unpaired) electrons. The summed E-state index contributed by atoms with van der Waals surface area (Å²) in [5, 5.41) is 16.2. The number of aromatic nitrogens is 1. The third-order valence-corrected chi connectivity index (χ3v) is 9.73. The number of carboxylic acids is 1. The maximum absolute atomic E-state index is 14.2. The van der Waals surface area contributed by atoms with E-state index < -0.39 is 59.1 Å². The molecule has 0 unspecified atom stereocenters. The molecular formula is C39H46N4O10. The monoisotopic (exact) mass is 730 g/mol. The van der Waals surface area contributed by atoms with Gasteiger partial charge in [-0.15, -0.1) is 6.58 Å². The van der Waals surface area contributed by atoms with Crippen molar-refractivity contribution in [2.45, 2.75) is 83.4 Å². The number of methoxy groups -OCH3 is 1. The number of carbonyl (C=O) groups excluding carboxylic acids is 3. The number of alkyl carbamates (subject to hydrolysis) is 1. The van der Waals surface area contributed by atoms with Crippen LogP contribution < -0.4 is 24.8 Å². The van der Waals surface area contributed by atoms with Crippen molar-refractivity contribution in [2.24, 2.45) is 11.8 Å². The van der Waals surface area contributed by atoms with Gasteiger partial charge in [-0.3, -0.25) is 9.59 Å². The summed E-state index contributed by atoms with van der Waals surface area (Å²) in [5.41, 5.74) is 0.645. The number of amides is 3. The molecule has 6 rings (SSSR count). The molecule has 14 heteroatoms. The molecule has 2 fully saturated rings. The van der Waals surface area contributed by atoms with Crippen LogP contribution in [-0.4, -0.2) is 88.6 Å². The molecule has 2 aromatic carbocycles. The molecule has 1 aliphatic carbocycles. The van der Waals surface area contributed by atoms with Gasteiger partial charge in [0.2, 0.25) is 18.6 Å². The van der Waals surface area contributed by atoms with Crippen molar-refractivity contribution in [3.8, 4) is 28.5 Å². The molecule has 2 aliphatic heterocycles. The molecule has 0 bridgehead atoms. The molecule has 1 aromatic heterocycles. The summed E-state index contributed by atoms with van der Waals surface area (Å²) in [7, 11) is 1.58. The number of ether oxygens (including phenoxy) is 5. The summed E-state index contributed by atoms with van der Waals surface area (Å²) < 4.78 is 28.5. The lowest BCUT2D eigenvalue weighted by Gasteiger charge is -2.31. The summed E-state index contributed by atoms with van der Waals surface area (Å²) >= 11 is 0. The standard InChI is InChI=1S/C39H46N4O10/c1-8-24-17-39(24,36(46)47)42-34(44)30-16-26(18-43(30)35(45)33(21(2)3)41-37(48)53-38(4,5)6)50-19-23-13-28(22-9-12-31-32(14-22)52-20-51-31)40-29-15-25(49-7)10-11-27(23)29/h8-15,21,24,26,30,33H,1,16-20H2,2-7H3,(H,41,48)(H,42,44)(H,46,47)/t24-,26-,30+,33+,39-/m1/s1. The third-order valence-electron chi connectivity index (χ3n) is 9.73. The van der Waals surface area contributed by atoms with Crippen LogP contribution in [0.15, 0.2) is 55.1 Å². The van der Waals surface area contributed by atoms with Gasteiger partial charge in [0.05, 0.1) is 31.0 Å². The molecule has 3 amide bonds. The number of hydrogen-bond donors (Lipinski definition) is 3. The van der Waals surface area contributed by atoms with Gasteiger partial charge in [0.1, 0.15) is 29.0 Å². The Morgan fingerprint density at radius 3 is 2.53 bits per heavy atom. The molecule has 3 aliphatic rings. The molecule has 3 heterocycles. The predicted molar refractivity (Wildman–Crippen MR) is 193 cm³/mol. The van der Waals surface area contributed by atoms with Crippen LogP contribution in [0.3, 0.4) is 0 Å². The van der Waals surface area contributed by atoms with Crippen LogP contribution in [0.2, 0.25) is 0 Å². The van der Waals surface area contributed by atoms with Gasteiger partial charge in [0, 0.05) is 35.9 Å². The fourth-order valence-electron chi connectivity index (χ4n) is 6.79. The first-order chi connectivity index (χ1) is 25.1. The number of nitrogens with zero attached hydrogens (tertiary/aromatic N) is 2. The normalized spacial score (nSPS) is 22.3. The van der Waals surface area contributed by atoms with Crippen molar-refractivity contribution in [1.29, 1.82) is 0 Å². The summed E-state index contributed by atoms with van der Waals surface area (Å²) in [4.78, 5) is 59.5. The van der Waals surface area contributed by atoms with Crippen LogP contribution in [0.1, 0.15) is 53.0 Å². The van der Waals surface area contributed by atoms with E-state index in [1.807, 2.05) is 42.5 Å². The first-order valence-electron chi connectivity index (χ1n) is 17.6. The molecule has 0 spiro atoms. The number of pyridine rings is 1. The molecular weight excluding hydrogens is 684 g/mol. The molecule has 282 valence electrons. The highest BCUT2D eigenvalue weighted by molar-refractivity contribution is 5.96. The van der Waals surface area contributed by atoms with Gasteiger partial charge in [0.15, 0.2) is 11.5 Å². The summed E-state index contributed by atoms with van der Waals surface area (Å²) in [6.45, 7) is 12.7. The van der Waals surface area contributed by atoms with Crippen LogP contribution in [-0.2, 0) is 30.5 Å². The summed E-state index contributed by atoms with van der Waals surface area (Å²) in [6.07, 6.45) is 0.403. The van der Waals surface area contributed by atoms with Crippen molar-refractivity contribution in [3.63, 3.8) is 0 Å². The number of nitrogens with one attached hydrogen (secondary N) is 2. The van der Waals surface area contributed by atoms with E-state index >= 15 is 0 Å². The Labute approximate surface area is 307 Å². The zero-order chi connectivity index (χ0) is 38.2. The first-order valence-corrected chi connectivity index (χ1v) is 17.6. The molecule has 53 heavy (non-hydrogen) atoms. The summed E-state index contributed by atoms with van der Waals surface area (Å²) in [6, 6.07) is 11.0. The lowest BCUT2D eigenvalue weighted by Crippen LogP contribution is -2.57. The van der Waals surface area contributed by atoms with Crippen molar-refractivity contribution in [1.82, 2.24) is 20.5 Å². The first kappa shape index (κ1) is 37.4. The van der Waals surface area contributed by atoms with E-state index in [-0.39, 0.29) is 38.7 Å². The zero-order valence-corrected chi connectivity index (χ0v) is 30.8. The van der Waals surface area contributed by atoms with Crippen LogP contribution in [0.4, 0.5) is 4.79 Å². The van der Waals surface area contributed by atoms with Crippen molar-refractivity contribution < 1.29 is 48.0 Å². The van der Waals surface area contributed by atoms with Gasteiger partial charge in [-0.1, -0.05) is 19.9 Å². The highest BCUT2D eigenvalue weighted by Crippen LogP contribution is 2.45. The minimum atomic E-state index is -1.50. The van der Waals surface area contributed by atoms with Gasteiger partial charge in [0.25, 0.3) is 0 Å². The number of benzene rings is 2. The minimum absolute atomic E-state index is 0.0208. The topological polar surface area (TPSA) is 175 Å². The largest absolute Gasteiger partial charge is 0.497 e. The Morgan fingerprint density at radius 2 is 1.87 bits per heavy atom. The smallest absolute Gasteiger partial charge is 0.408 e. The van der Waals surface area contributed by atoms with E-state index in [4.69, 9.17) is 28.7 Å². The highest BCUT2D eigenvalue weighted by atomic mass is 16.7. The quantitative estimate of drug-likeness (QED) is 0.218. The SMILES string of the molecule is C=C[C@@H]1C[C@]1(NC(=O)[C@@H]1C[C@@H](OCc2cc(-c3ccc4c(c3)OCO4)nc3cc(OC)ccc23)CN1C(=O)[C@@H](NC(=O)OC(C)(C)C)C(C)C)C(=O)O. The molecule has 3 N–H and O–H groups in total. The Balaban J connectivity index is 1.28. The van der Waals surface area contributed by atoms with Crippen molar-refractivity contribution in [2.75, 3.05) is 20.4 Å². The van der Waals surface area contributed by atoms with Crippen molar-refractivity contribution in [3.05, 3.63) is 60.7 Å². The molecule has 14 nitrogen and oxygen atoms in total. The second-order valence-electron chi connectivity index (χ2n) is 15.0. The molecule has 3 aromatic rings. The number of carbonyl (C=O) groups is 4. The van der Waals surface area contributed by atoms with Gasteiger partial charge in [-0.05, 0) is 75.1 Å². The second-order valence-corrected chi connectivity index (χ2v) is 15.0. The number of carboxylic acid groups (broad SMARTS) is 1. The number of rotatable bonds is 12. The Kier molecular flexibility index (Phi) is 10.3. The van der Waals surface area contributed by atoms with Gasteiger partial charge in [-0.25, -0.2) is 14.6 Å². The number of likely N-dealkylation sites (tertiary alicyclic amines) is 1. The highest BCUT2D eigenvalue weighted by Gasteiger charge is 2.61. The minimum Gasteiger partial charge on any atom is -0.497 e. The van der Waals surface area contributed by atoms with Crippen LogP contribution >= 0.6 is 0 Å². The lowest BCUT2D eigenvalue weighted by molar-refractivity contribution is -0.146. The Bertz CT molecular complexity index is 1940. The summed E-state index contributed by atoms with van der Waals surface area (Å²) in [5.74, 6) is -1.23. The van der Waals surface area contributed by atoms with E-state index in [0.717, 1.165) is 16.5 Å². The van der Waals surface area contributed by atoms with Crippen LogP contribution in [0.5, 0.6) is 17.2 Å². The number of hydrogen-bond acceptors (Lipinski definition) is 10. The van der Waals surface area contributed by atoms with Gasteiger partial charge < -0.3 is 44.3 Å². The average molecular weight is 731 g/mol.